The number of methoxy groups -OCH3 is 1. The van der Waals surface area contributed by atoms with Gasteiger partial charge in [-0.25, -0.2) is 14.4 Å². The molecule has 4 N–H and O–H groups in total. The Balaban J connectivity index is 1.19. The molecule has 0 atom stereocenters. The number of aromatic amines is 1. The summed E-state index contributed by atoms with van der Waals surface area (Å²) in [7, 11) is 1.48. The van der Waals surface area contributed by atoms with Gasteiger partial charge in [-0.05, 0) is 43.0 Å². The normalized spacial score (nSPS) is 13.6. The second-order valence-electron chi connectivity index (χ2n) is 9.70. The Morgan fingerprint density at radius 2 is 1.90 bits per heavy atom. The molecule has 0 aliphatic carbocycles. The molecule has 4 aromatic rings. The summed E-state index contributed by atoms with van der Waals surface area (Å²) in [5.74, 6) is 0.248. The fourth-order valence-corrected chi connectivity index (χ4v) is 4.70. The molecule has 2 amide bonds. The molecule has 12 heteroatoms. The maximum Gasteiger partial charge on any atom is 0.255 e. The minimum Gasteiger partial charge on any atom is -0.497 e. The van der Waals surface area contributed by atoms with Gasteiger partial charge < -0.3 is 25.4 Å². The zero-order valence-corrected chi connectivity index (χ0v) is 22.5. The summed E-state index contributed by atoms with van der Waals surface area (Å²) in [6.07, 6.45) is 4.46. The predicted molar refractivity (Wildman–Crippen MR) is 150 cm³/mol. The highest BCUT2D eigenvalue weighted by molar-refractivity contribution is 5.95. The minimum absolute atomic E-state index is 0.210. The van der Waals surface area contributed by atoms with Gasteiger partial charge in [0.25, 0.3) is 11.8 Å². The average Bonchev–Trinajstić information content (AvgIpc) is 3.55. The van der Waals surface area contributed by atoms with Gasteiger partial charge in [0.05, 0.1) is 19.0 Å². The number of rotatable bonds is 10. The zero-order chi connectivity index (χ0) is 28.8. The lowest BCUT2D eigenvalue weighted by Gasteiger charge is -2.33. The third-order valence-electron chi connectivity index (χ3n) is 6.87. The number of anilines is 1. The molecule has 1 aliphatic rings. The molecule has 0 radical (unpaired) electrons. The summed E-state index contributed by atoms with van der Waals surface area (Å²) in [5.41, 5.74) is 7.96. The number of nitrogens with zero attached hydrogens (tertiary/aromatic N) is 4. The van der Waals surface area contributed by atoms with Crippen molar-refractivity contribution in [2.45, 2.75) is 12.8 Å². The van der Waals surface area contributed by atoms with E-state index in [0.29, 0.717) is 42.5 Å². The van der Waals surface area contributed by atoms with Crippen LogP contribution in [0.15, 0.2) is 60.9 Å². The van der Waals surface area contributed by atoms with E-state index in [1.54, 1.807) is 18.3 Å². The Morgan fingerprint density at radius 3 is 2.63 bits per heavy atom. The topological polar surface area (TPSA) is 148 Å². The van der Waals surface area contributed by atoms with Crippen LogP contribution >= 0.6 is 0 Å². The number of hydrogen-bond donors (Lipinski definition) is 3. The summed E-state index contributed by atoms with van der Waals surface area (Å²) in [5, 5.41) is 9.98. The van der Waals surface area contributed by atoms with Crippen LogP contribution in [0.1, 0.15) is 23.2 Å². The van der Waals surface area contributed by atoms with Crippen LogP contribution in [0, 0.1) is 11.7 Å². The van der Waals surface area contributed by atoms with Crippen molar-refractivity contribution in [3.63, 3.8) is 0 Å². The van der Waals surface area contributed by atoms with Crippen LogP contribution in [0.3, 0.4) is 0 Å². The molecule has 0 spiro atoms. The van der Waals surface area contributed by atoms with Gasteiger partial charge in [-0.15, -0.1) is 0 Å². The van der Waals surface area contributed by atoms with Crippen LogP contribution in [-0.4, -0.2) is 65.3 Å². The third kappa shape index (κ3) is 6.78. The Labute approximate surface area is 235 Å². The van der Waals surface area contributed by atoms with Crippen molar-refractivity contribution in [1.82, 2.24) is 25.5 Å². The molecule has 11 nitrogen and oxygen atoms in total. The van der Waals surface area contributed by atoms with Gasteiger partial charge in [0, 0.05) is 48.6 Å². The fraction of sp³-hybridized carbons (Fsp3) is 0.276. The molecular formula is C29H30FN7O4. The first-order valence-electron chi connectivity index (χ1n) is 13.2. The Morgan fingerprint density at radius 1 is 1.12 bits per heavy atom. The molecule has 1 saturated heterocycles. The molecule has 1 fully saturated rings. The monoisotopic (exact) mass is 559 g/mol. The first kappa shape index (κ1) is 27.6. The van der Waals surface area contributed by atoms with Crippen molar-refractivity contribution < 1.29 is 23.5 Å². The molecular weight excluding hydrogens is 529 g/mol. The van der Waals surface area contributed by atoms with E-state index in [9.17, 15) is 14.0 Å². The van der Waals surface area contributed by atoms with Crippen LogP contribution in [-0.2, 0) is 4.79 Å². The first-order valence-corrected chi connectivity index (χ1v) is 13.2. The number of nitrogens with one attached hydrogen (secondary N) is 2. The Bertz CT molecular complexity index is 1520. The van der Waals surface area contributed by atoms with Crippen molar-refractivity contribution in [3.05, 3.63) is 72.3 Å². The van der Waals surface area contributed by atoms with E-state index in [-0.39, 0.29) is 24.2 Å². The largest absolute Gasteiger partial charge is 0.497 e. The lowest BCUT2D eigenvalue weighted by Crippen LogP contribution is -2.39. The van der Waals surface area contributed by atoms with E-state index in [2.05, 4.69) is 25.5 Å². The van der Waals surface area contributed by atoms with Gasteiger partial charge in [0.15, 0.2) is 24.1 Å². The number of ether oxygens (including phenoxy) is 2. The van der Waals surface area contributed by atoms with E-state index < -0.39 is 11.7 Å². The number of halogens is 1. The van der Waals surface area contributed by atoms with Crippen LogP contribution in [0.25, 0.3) is 22.6 Å². The second kappa shape index (κ2) is 12.5. The Kier molecular flexibility index (Phi) is 8.37. The standard InChI is InChI=1S/C29H30FN7O4/c1-40-22-12-21(13-23(14-22)41-17-26(31)38)29(39)33-15-18-6-9-37(10-7-18)28-24(30)16-32-27(35-28)20-4-2-3-19(11-20)25-5-8-34-36-25/h2-5,8,11-14,16,18H,6-7,9-10,15,17H2,1H3,(H2,31,38)(H,33,39)(H,34,36). The van der Waals surface area contributed by atoms with Crippen LogP contribution in [0.5, 0.6) is 11.5 Å². The van der Waals surface area contributed by atoms with Gasteiger partial charge >= 0.3 is 0 Å². The molecule has 41 heavy (non-hydrogen) atoms. The molecule has 1 aliphatic heterocycles. The molecule has 2 aromatic carbocycles. The van der Waals surface area contributed by atoms with Gasteiger partial charge in [-0.1, -0.05) is 18.2 Å². The smallest absolute Gasteiger partial charge is 0.255 e. The lowest BCUT2D eigenvalue weighted by molar-refractivity contribution is -0.119. The number of primary amides is 1. The predicted octanol–water partition coefficient (Wildman–Crippen LogP) is 3.19. The van der Waals surface area contributed by atoms with Gasteiger partial charge in [0.2, 0.25) is 0 Å². The summed E-state index contributed by atoms with van der Waals surface area (Å²) in [6, 6.07) is 14.2. The lowest BCUT2D eigenvalue weighted by atomic mass is 9.96. The van der Waals surface area contributed by atoms with Crippen LogP contribution < -0.4 is 25.4 Å². The highest BCUT2D eigenvalue weighted by Crippen LogP contribution is 2.28. The second-order valence-corrected chi connectivity index (χ2v) is 9.70. The summed E-state index contributed by atoms with van der Waals surface area (Å²) in [6.45, 7) is 1.33. The summed E-state index contributed by atoms with van der Waals surface area (Å²) in [4.78, 5) is 34.6. The number of H-pyrrole nitrogens is 1. The number of hydrogen-bond acceptors (Lipinski definition) is 8. The number of aromatic nitrogens is 4. The number of benzene rings is 2. The molecule has 212 valence electrons. The van der Waals surface area contributed by atoms with E-state index in [4.69, 9.17) is 15.2 Å². The highest BCUT2D eigenvalue weighted by atomic mass is 19.1. The average molecular weight is 560 g/mol. The van der Waals surface area contributed by atoms with Gasteiger partial charge in [-0.2, -0.15) is 5.10 Å². The van der Waals surface area contributed by atoms with E-state index in [1.165, 1.54) is 19.4 Å². The van der Waals surface area contributed by atoms with Crippen molar-refractivity contribution in [1.29, 1.82) is 0 Å². The van der Waals surface area contributed by atoms with Crippen LogP contribution in [0.2, 0.25) is 0 Å². The van der Waals surface area contributed by atoms with Crippen molar-refractivity contribution in [3.8, 4) is 34.1 Å². The van der Waals surface area contributed by atoms with Gasteiger partial charge in [-0.3, -0.25) is 14.7 Å². The summed E-state index contributed by atoms with van der Waals surface area (Å²) < 4.78 is 25.4. The van der Waals surface area contributed by atoms with E-state index in [0.717, 1.165) is 29.7 Å². The fourth-order valence-electron chi connectivity index (χ4n) is 4.70. The zero-order valence-electron chi connectivity index (χ0n) is 22.5. The molecule has 0 bridgehead atoms. The van der Waals surface area contributed by atoms with Gasteiger partial charge in [0.1, 0.15) is 11.5 Å². The number of nitrogens with two attached hydrogens (primary N) is 1. The number of carbonyl (C=O) groups excluding carboxylic acids is 2. The SMILES string of the molecule is COc1cc(OCC(N)=O)cc(C(=O)NCC2CCN(c3nc(-c4cccc(-c5cc[nH]n5)c4)ncc3F)CC2)c1. The maximum atomic E-state index is 14.8. The number of piperidine rings is 1. The molecule has 2 aromatic heterocycles. The van der Waals surface area contributed by atoms with Crippen molar-refractivity contribution in [2.75, 3.05) is 38.3 Å². The summed E-state index contributed by atoms with van der Waals surface area (Å²) >= 11 is 0. The first-order chi connectivity index (χ1) is 19.9. The maximum absolute atomic E-state index is 14.8. The third-order valence-corrected chi connectivity index (χ3v) is 6.87. The Hall–Kier alpha value is -5.00. The number of carbonyl (C=O) groups is 2. The molecule has 3 heterocycles. The van der Waals surface area contributed by atoms with Crippen molar-refractivity contribution in [2.24, 2.45) is 11.7 Å². The van der Waals surface area contributed by atoms with E-state index in [1.807, 2.05) is 35.2 Å². The highest BCUT2D eigenvalue weighted by Gasteiger charge is 2.24. The minimum atomic E-state index is -0.623. The molecule has 5 rings (SSSR count). The quantitative estimate of drug-likeness (QED) is 0.268. The van der Waals surface area contributed by atoms with E-state index >= 15 is 0 Å². The number of amides is 2. The molecule has 0 unspecified atom stereocenters. The molecule has 0 saturated carbocycles. The van der Waals surface area contributed by atoms with Crippen molar-refractivity contribution >= 4 is 17.6 Å². The van der Waals surface area contributed by atoms with Crippen LogP contribution in [0.4, 0.5) is 10.2 Å².